The van der Waals surface area contributed by atoms with Crippen molar-refractivity contribution in [2.24, 2.45) is 5.73 Å². The molecule has 3 N–H and O–H groups in total. The first-order valence-electron chi connectivity index (χ1n) is 8.09. The average molecular weight is 325 g/mol. The maximum Gasteiger partial charge on any atom is 0.216 e. The van der Waals surface area contributed by atoms with Crippen molar-refractivity contribution in [1.29, 1.82) is 0 Å². The van der Waals surface area contributed by atoms with Gasteiger partial charge in [0, 0.05) is 29.1 Å². The number of rotatable bonds is 3. The first kappa shape index (κ1) is 16.2. The Hall–Kier alpha value is -0.650. The Morgan fingerprint density at radius 3 is 2.68 bits per heavy atom. The Kier molecular flexibility index (Phi) is 4.76. The molecule has 1 heterocycles. The molecule has 2 fully saturated rings. The summed E-state index contributed by atoms with van der Waals surface area (Å²) in [6.45, 7) is 3.35. The molecule has 4 nitrogen and oxygen atoms in total. The molecule has 1 aromatic carbocycles. The van der Waals surface area contributed by atoms with E-state index in [9.17, 15) is 5.11 Å². The molecule has 1 aliphatic heterocycles. The van der Waals surface area contributed by atoms with Gasteiger partial charge in [-0.15, -0.1) is 0 Å². The summed E-state index contributed by atoms with van der Waals surface area (Å²) in [4.78, 5) is 2.11. The van der Waals surface area contributed by atoms with Crippen LogP contribution in [0.3, 0.4) is 0 Å². The van der Waals surface area contributed by atoms with E-state index < -0.39 is 6.41 Å². The lowest BCUT2D eigenvalue weighted by atomic mass is 9.68. The summed E-state index contributed by atoms with van der Waals surface area (Å²) in [5, 5.41) is 10.8. The van der Waals surface area contributed by atoms with Crippen molar-refractivity contribution >= 4 is 11.6 Å². The fourth-order valence-electron chi connectivity index (χ4n) is 4.04. The number of hydrogen-bond acceptors (Lipinski definition) is 4. The molecule has 1 unspecified atom stereocenters. The van der Waals surface area contributed by atoms with E-state index in [1.807, 2.05) is 18.2 Å². The van der Waals surface area contributed by atoms with Gasteiger partial charge in [0.05, 0.1) is 6.61 Å². The number of aliphatic hydroxyl groups is 1. The molecule has 0 aromatic heterocycles. The minimum absolute atomic E-state index is 0.0101. The summed E-state index contributed by atoms with van der Waals surface area (Å²) < 4.78 is 5.35. The monoisotopic (exact) mass is 324 g/mol. The zero-order valence-electron chi connectivity index (χ0n) is 13.0. The second-order valence-corrected chi connectivity index (χ2v) is 7.12. The van der Waals surface area contributed by atoms with Gasteiger partial charge in [-0.3, -0.25) is 0 Å². The molecular weight excluding hydrogens is 300 g/mol. The van der Waals surface area contributed by atoms with Crippen molar-refractivity contribution in [3.8, 4) is 0 Å². The molecule has 0 spiro atoms. The van der Waals surface area contributed by atoms with E-state index in [2.05, 4.69) is 17.9 Å². The number of hydrogen-bond donors (Lipinski definition) is 2. The smallest absolute Gasteiger partial charge is 0.216 e. The van der Waals surface area contributed by atoms with Crippen molar-refractivity contribution < 1.29 is 9.84 Å². The van der Waals surface area contributed by atoms with Crippen molar-refractivity contribution in [1.82, 2.24) is 4.90 Å². The van der Waals surface area contributed by atoms with Crippen LogP contribution >= 0.6 is 11.6 Å². The number of benzene rings is 1. The molecule has 1 aliphatic carbocycles. The number of aliphatic hydroxyl groups excluding tert-OH is 1. The largest absolute Gasteiger partial charge is 0.356 e. The Morgan fingerprint density at radius 2 is 2.14 bits per heavy atom. The zero-order chi connectivity index (χ0) is 15.7. The van der Waals surface area contributed by atoms with Crippen LogP contribution in [0.4, 0.5) is 0 Å². The lowest BCUT2D eigenvalue weighted by Gasteiger charge is -2.43. The first-order valence-corrected chi connectivity index (χ1v) is 8.47. The van der Waals surface area contributed by atoms with Crippen LogP contribution < -0.4 is 5.73 Å². The van der Waals surface area contributed by atoms with Crippen molar-refractivity contribution in [3.05, 3.63) is 34.9 Å². The quantitative estimate of drug-likeness (QED) is 0.897. The van der Waals surface area contributed by atoms with Gasteiger partial charge in [-0.2, -0.15) is 0 Å². The molecule has 122 valence electrons. The summed E-state index contributed by atoms with van der Waals surface area (Å²) in [6.07, 6.45) is 3.33. The van der Waals surface area contributed by atoms with Crippen LogP contribution in [0.25, 0.3) is 0 Å². The van der Waals surface area contributed by atoms with E-state index in [1.165, 1.54) is 5.56 Å². The SMILES string of the molecule is C[C@@H]1COC(O)N1C1CCC(CN)(c2cccc(Cl)c2)CC1. The number of halogens is 1. The maximum absolute atomic E-state index is 10.0. The fraction of sp³-hybridized carbons (Fsp3) is 0.647. The lowest BCUT2D eigenvalue weighted by molar-refractivity contribution is -0.153. The van der Waals surface area contributed by atoms with E-state index in [4.69, 9.17) is 22.1 Å². The van der Waals surface area contributed by atoms with Gasteiger partial charge in [0.2, 0.25) is 6.41 Å². The molecule has 0 bridgehead atoms. The standard InChI is InChI=1S/C17H25ClN2O2/c1-12-10-22-16(21)20(12)15-5-7-17(11-19,8-6-15)13-3-2-4-14(18)9-13/h2-4,9,12,15-16,21H,5-8,10-11,19H2,1H3/t12-,15?,16?,17?/m1/s1. The minimum atomic E-state index is -0.753. The Morgan fingerprint density at radius 1 is 1.41 bits per heavy atom. The molecule has 1 saturated heterocycles. The van der Waals surface area contributed by atoms with Gasteiger partial charge >= 0.3 is 0 Å². The number of nitrogens with two attached hydrogens (primary N) is 1. The first-order chi connectivity index (χ1) is 10.6. The molecular formula is C17H25ClN2O2. The van der Waals surface area contributed by atoms with Gasteiger partial charge in [0.1, 0.15) is 0 Å². The molecule has 2 atom stereocenters. The fourth-order valence-corrected chi connectivity index (χ4v) is 4.23. The van der Waals surface area contributed by atoms with Gasteiger partial charge in [-0.25, -0.2) is 4.90 Å². The molecule has 5 heteroatoms. The highest BCUT2D eigenvalue weighted by molar-refractivity contribution is 6.30. The highest BCUT2D eigenvalue weighted by Crippen LogP contribution is 2.42. The molecule has 3 rings (SSSR count). The lowest BCUT2D eigenvalue weighted by Crippen LogP contribution is -2.49. The predicted molar refractivity (Wildman–Crippen MR) is 87.7 cm³/mol. The Balaban J connectivity index is 1.74. The van der Waals surface area contributed by atoms with Crippen LogP contribution in [0.5, 0.6) is 0 Å². The van der Waals surface area contributed by atoms with Crippen LogP contribution in [0.15, 0.2) is 24.3 Å². The molecule has 0 amide bonds. The van der Waals surface area contributed by atoms with Crippen LogP contribution in [-0.4, -0.2) is 41.7 Å². The highest BCUT2D eigenvalue weighted by atomic mass is 35.5. The van der Waals surface area contributed by atoms with E-state index in [1.54, 1.807) is 0 Å². The van der Waals surface area contributed by atoms with E-state index >= 15 is 0 Å². The van der Waals surface area contributed by atoms with E-state index in [0.717, 1.165) is 30.7 Å². The maximum atomic E-state index is 10.0. The summed E-state index contributed by atoms with van der Waals surface area (Å²) in [6, 6.07) is 8.73. The van der Waals surface area contributed by atoms with Gasteiger partial charge in [0.15, 0.2) is 0 Å². The van der Waals surface area contributed by atoms with Gasteiger partial charge in [-0.1, -0.05) is 23.7 Å². The third-order valence-corrected chi connectivity index (χ3v) is 5.65. The van der Waals surface area contributed by atoms with Crippen molar-refractivity contribution in [2.45, 2.75) is 56.5 Å². The van der Waals surface area contributed by atoms with Crippen LogP contribution in [0.2, 0.25) is 5.02 Å². The minimum Gasteiger partial charge on any atom is -0.356 e. The average Bonchev–Trinajstić information content (AvgIpc) is 2.86. The van der Waals surface area contributed by atoms with Gasteiger partial charge < -0.3 is 15.6 Å². The zero-order valence-corrected chi connectivity index (χ0v) is 13.8. The normalized spacial score (nSPS) is 36.6. The van der Waals surface area contributed by atoms with Crippen molar-refractivity contribution in [3.63, 3.8) is 0 Å². The van der Waals surface area contributed by atoms with Crippen molar-refractivity contribution in [2.75, 3.05) is 13.2 Å². The summed E-state index contributed by atoms with van der Waals surface area (Å²) >= 11 is 6.15. The van der Waals surface area contributed by atoms with Crippen LogP contribution in [-0.2, 0) is 10.2 Å². The second-order valence-electron chi connectivity index (χ2n) is 6.68. The Bertz CT molecular complexity index is 507. The van der Waals surface area contributed by atoms with Gasteiger partial charge in [-0.05, 0) is 50.3 Å². The van der Waals surface area contributed by atoms with E-state index in [0.29, 0.717) is 19.2 Å². The third-order valence-electron chi connectivity index (χ3n) is 5.41. The summed E-state index contributed by atoms with van der Waals surface area (Å²) in [5.41, 5.74) is 7.40. The predicted octanol–water partition coefficient (Wildman–Crippen LogP) is 2.48. The second kappa shape index (κ2) is 6.46. The Labute approximate surface area is 137 Å². The van der Waals surface area contributed by atoms with Crippen LogP contribution in [0, 0.1) is 0 Å². The molecule has 1 aromatic rings. The molecule has 22 heavy (non-hydrogen) atoms. The number of nitrogens with zero attached hydrogens (tertiary/aromatic N) is 1. The molecule has 1 saturated carbocycles. The van der Waals surface area contributed by atoms with Gasteiger partial charge in [0.25, 0.3) is 0 Å². The molecule has 0 radical (unpaired) electrons. The van der Waals surface area contributed by atoms with Crippen LogP contribution in [0.1, 0.15) is 38.2 Å². The topological polar surface area (TPSA) is 58.7 Å². The summed E-state index contributed by atoms with van der Waals surface area (Å²) in [5.74, 6) is 0. The number of ether oxygens (including phenoxy) is 1. The summed E-state index contributed by atoms with van der Waals surface area (Å²) in [7, 11) is 0. The highest BCUT2D eigenvalue weighted by Gasteiger charge is 2.42. The third kappa shape index (κ3) is 2.91. The van der Waals surface area contributed by atoms with E-state index in [-0.39, 0.29) is 11.5 Å². The molecule has 2 aliphatic rings.